The molecule has 1 unspecified atom stereocenters. The van der Waals surface area contributed by atoms with Gasteiger partial charge in [-0.3, -0.25) is 4.79 Å². The molecule has 0 bridgehead atoms. The van der Waals surface area contributed by atoms with Crippen LogP contribution in [0.15, 0.2) is 53.4 Å². The van der Waals surface area contributed by atoms with Gasteiger partial charge in [-0.15, -0.1) is 0 Å². The van der Waals surface area contributed by atoms with Crippen LogP contribution in [-0.2, 0) is 14.8 Å². The lowest BCUT2D eigenvalue weighted by molar-refractivity contribution is -0.137. The highest BCUT2D eigenvalue weighted by Crippen LogP contribution is 2.23. The van der Waals surface area contributed by atoms with E-state index in [2.05, 4.69) is 4.72 Å². The van der Waals surface area contributed by atoms with Gasteiger partial charge in [0.15, 0.2) is 0 Å². The molecule has 2 aromatic carbocycles. The van der Waals surface area contributed by atoms with E-state index in [0.717, 1.165) is 0 Å². The third-order valence-electron chi connectivity index (χ3n) is 3.32. The third kappa shape index (κ3) is 4.54. The molecule has 2 N–H and O–H groups in total. The monoisotopic (exact) mass is 353 g/mol. The van der Waals surface area contributed by atoms with Crippen molar-refractivity contribution in [1.82, 2.24) is 4.72 Å². The number of sulfonamides is 1. The van der Waals surface area contributed by atoms with Gasteiger partial charge in [0.25, 0.3) is 0 Å². The van der Waals surface area contributed by atoms with Crippen LogP contribution in [0.3, 0.4) is 0 Å². The Hall–Kier alpha value is -1.89. The van der Waals surface area contributed by atoms with E-state index >= 15 is 0 Å². The van der Waals surface area contributed by atoms with Gasteiger partial charge in [-0.25, -0.2) is 13.1 Å². The minimum absolute atomic E-state index is 0.0470. The number of rotatable bonds is 6. The van der Waals surface area contributed by atoms with Crippen LogP contribution in [-0.4, -0.2) is 19.5 Å². The number of hydrogen-bond acceptors (Lipinski definition) is 3. The Bertz CT molecular complexity index is 806. The van der Waals surface area contributed by atoms with Crippen LogP contribution >= 0.6 is 11.6 Å². The molecule has 0 radical (unpaired) electrons. The van der Waals surface area contributed by atoms with Crippen LogP contribution in [0.25, 0.3) is 0 Å². The molecule has 23 heavy (non-hydrogen) atoms. The van der Waals surface area contributed by atoms with Crippen molar-refractivity contribution in [2.75, 3.05) is 0 Å². The van der Waals surface area contributed by atoms with Gasteiger partial charge in [-0.1, -0.05) is 41.9 Å². The Morgan fingerprint density at radius 2 is 1.87 bits per heavy atom. The first kappa shape index (κ1) is 17.5. The van der Waals surface area contributed by atoms with E-state index in [1.807, 2.05) is 0 Å². The number of aryl methyl sites for hydroxylation is 1. The minimum Gasteiger partial charge on any atom is -0.481 e. The molecule has 0 fully saturated rings. The largest absolute Gasteiger partial charge is 0.481 e. The standard InChI is InChI=1S/C16H16ClNO4S/c1-11-9-13(7-8-14(11)17)23(21,22)18-15(10-16(19)20)12-5-3-2-4-6-12/h2-9,15,18H,10H2,1H3,(H,19,20). The van der Waals surface area contributed by atoms with E-state index in [0.29, 0.717) is 16.1 Å². The summed E-state index contributed by atoms with van der Waals surface area (Å²) < 4.78 is 27.5. The van der Waals surface area contributed by atoms with E-state index in [9.17, 15) is 13.2 Å². The third-order valence-corrected chi connectivity index (χ3v) is 5.21. The smallest absolute Gasteiger partial charge is 0.305 e. The lowest BCUT2D eigenvalue weighted by Gasteiger charge is -2.18. The van der Waals surface area contributed by atoms with Gasteiger partial charge in [-0.2, -0.15) is 0 Å². The van der Waals surface area contributed by atoms with Crippen LogP contribution in [0.5, 0.6) is 0 Å². The predicted octanol–water partition coefficient (Wildman–Crippen LogP) is 3.14. The van der Waals surface area contributed by atoms with E-state index in [1.165, 1.54) is 18.2 Å². The first-order valence-electron chi connectivity index (χ1n) is 6.85. The van der Waals surface area contributed by atoms with E-state index in [-0.39, 0.29) is 11.3 Å². The highest BCUT2D eigenvalue weighted by atomic mass is 35.5. The molecular formula is C16H16ClNO4S. The molecule has 5 nitrogen and oxygen atoms in total. The fourth-order valence-corrected chi connectivity index (χ4v) is 3.55. The first-order valence-corrected chi connectivity index (χ1v) is 8.71. The van der Waals surface area contributed by atoms with Gasteiger partial charge in [0.05, 0.1) is 17.4 Å². The summed E-state index contributed by atoms with van der Waals surface area (Å²) in [6, 6.07) is 12.1. The minimum atomic E-state index is -3.86. The summed E-state index contributed by atoms with van der Waals surface area (Å²) in [4.78, 5) is 11.1. The maximum atomic E-state index is 12.5. The zero-order valence-corrected chi connectivity index (χ0v) is 13.9. The summed E-state index contributed by atoms with van der Waals surface area (Å²) in [7, 11) is -3.86. The van der Waals surface area contributed by atoms with Crippen LogP contribution in [0.4, 0.5) is 0 Å². The summed E-state index contributed by atoms with van der Waals surface area (Å²) in [5.41, 5.74) is 1.22. The average molecular weight is 354 g/mol. The average Bonchev–Trinajstić information content (AvgIpc) is 2.49. The molecule has 0 heterocycles. The van der Waals surface area contributed by atoms with Gasteiger partial charge in [0.2, 0.25) is 10.0 Å². The Kier molecular flexibility index (Phi) is 5.41. The normalized spacial score (nSPS) is 12.8. The quantitative estimate of drug-likeness (QED) is 0.835. The maximum Gasteiger partial charge on any atom is 0.305 e. The Morgan fingerprint density at radius 1 is 1.22 bits per heavy atom. The van der Waals surface area contributed by atoms with Crippen LogP contribution in [0, 0.1) is 6.92 Å². The van der Waals surface area contributed by atoms with Gasteiger partial charge in [0.1, 0.15) is 0 Å². The van der Waals surface area contributed by atoms with Crippen molar-refractivity contribution in [1.29, 1.82) is 0 Å². The predicted molar refractivity (Wildman–Crippen MR) is 87.9 cm³/mol. The molecule has 0 aliphatic heterocycles. The van der Waals surface area contributed by atoms with Gasteiger partial charge in [0, 0.05) is 5.02 Å². The van der Waals surface area contributed by atoms with E-state index < -0.39 is 22.0 Å². The van der Waals surface area contributed by atoms with Crippen molar-refractivity contribution in [3.63, 3.8) is 0 Å². The first-order chi connectivity index (χ1) is 10.8. The molecule has 7 heteroatoms. The summed E-state index contributed by atoms with van der Waals surface area (Å²) in [5.74, 6) is -1.09. The molecule has 122 valence electrons. The van der Waals surface area contributed by atoms with Crippen molar-refractivity contribution in [2.24, 2.45) is 0 Å². The molecule has 0 aliphatic carbocycles. The fourth-order valence-electron chi connectivity index (χ4n) is 2.13. The number of aliphatic carboxylic acids is 1. The Labute approximate surface area is 140 Å². The summed E-state index contributed by atoms with van der Waals surface area (Å²) in [5, 5.41) is 9.51. The molecule has 0 spiro atoms. The number of carboxylic acid groups (broad SMARTS) is 1. The Morgan fingerprint density at radius 3 is 2.43 bits per heavy atom. The molecular weight excluding hydrogens is 338 g/mol. The summed E-state index contributed by atoms with van der Waals surface area (Å²) in [6.07, 6.45) is -0.351. The number of carboxylic acids is 1. The second-order valence-electron chi connectivity index (χ2n) is 5.09. The molecule has 2 rings (SSSR count). The SMILES string of the molecule is Cc1cc(S(=O)(=O)NC(CC(=O)O)c2ccccc2)ccc1Cl. The zero-order valence-electron chi connectivity index (χ0n) is 12.4. The highest BCUT2D eigenvalue weighted by molar-refractivity contribution is 7.89. The lowest BCUT2D eigenvalue weighted by Crippen LogP contribution is -2.30. The van der Waals surface area contributed by atoms with Gasteiger partial charge in [-0.05, 0) is 36.2 Å². The van der Waals surface area contributed by atoms with Crippen LogP contribution in [0.2, 0.25) is 5.02 Å². The van der Waals surface area contributed by atoms with Crippen molar-refractivity contribution in [2.45, 2.75) is 24.3 Å². The molecule has 0 aliphatic rings. The van der Waals surface area contributed by atoms with E-state index in [1.54, 1.807) is 37.3 Å². The van der Waals surface area contributed by atoms with Crippen LogP contribution < -0.4 is 4.72 Å². The molecule has 2 aromatic rings. The van der Waals surface area contributed by atoms with Crippen molar-refractivity contribution in [3.8, 4) is 0 Å². The number of halogens is 1. The molecule has 0 amide bonds. The van der Waals surface area contributed by atoms with Crippen molar-refractivity contribution in [3.05, 3.63) is 64.7 Å². The van der Waals surface area contributed by atoms with E-state index in [4.69, 9.17) is 16.7 Å². The number of hydrogen-bond donors (Lipinski definition) is 2. The summed E-state index contributed by atoms with van der Waals surface area (Å²) in [6.45, 7) is 1.70. The second kappa shape index (κ2) is 7.12. The van der Waals surface area contributed by atoms with Crippen LogP contribution in [0.1, 0.15) is 23.6 Å². The topological polar surface area (TPSA) is 83.5 Å². The second-order valence-corrected chi connectivity index (χ2v) is 7.21. The van der Waals surface area contributed by atoms with Crippen molar-refractivity contribution < 1.29 is 18.3 Å². The number of benzene rings is 2. The maximum absolute atomic E-state index is 12.5. The molecule has 0 aromatic heterocycles. The fraction of sp³-hybridized carbons (Fsp3) is 0.188. The zero-order chi connectivity index (χ0) is 17.0. The number of carbonyl (C=O) groups is 1. The molecule has 1 atom stereocenters. The van der Waals surface area contributed by atoms with Gasteiger partial charge < -0.3 is 5.11 Å². The Balaban J connectivity index is 2.34. The van der Waals surface area contributed by atoms with Crippen molar-refractivity contribution >= 4 is 27.6 Å². The molecule has 0 saturated carbocycles. The lowest BCUT2D eigenvalue weighted by atomic mass is 10.1. The van der Waals surface area contributed by atoms with Gasteiger partial charge >= 0.3 is 5.97 Å². The number of nitrogens with one attached hydrogen (secondary N) is 1. The molecule has 0 saturated heterocycles. The highest BCUT2D eigenvalue weighted by Gasteiger charge is 2.23. The summed E-state index contributed by atoms with van der Waals surface area (Å²) >= 11 is 5.91.